The number of pyridine rings is 1. The third-order valence-corrected chi connectivity index (χ3v) is 3.27. The first-order chi connectivity index (χ1) is 11.2. The number of nitrogens with zero attached hydrogens (tertiary/aromatic N) is 1. The maximum atomic E-state index is 11.8. The molecule has 0 saturated heterocycles. The monoisotopic (exact) mass is 313 g/mol. The lowest BCUT2D eigenvalue weighted by molar-refractivity contribution is -0.139. The average Bonchev–Trinajstić information content (AvgIpc) is 3.06. The second-order valence-corrected chi connectivity index (χ2v) is 4.91. The number of rotatable bonds is 4. The first-order valence-electron chi connectivity index (χ1n) is 7.06. The van der Waals surface area contributed by atoms with Crippen LogP contribution >= 0.6 is 0 Å². The molecule has 2 aromatic rings. The van der Waals surface area contributed by atoms with Crippen LogP contribution in [0.15, 0.2) is 42.7 Å². The van der Waals surface area contributed by atoms with E-state index in [0.29, 0.717) is 11.5 Å². The van der Waals surface area contributed by atoms with Gasteiger partial charge in [0.1, 0.15) is 0 Å². The molecule has 2 N–H and O–H groups in total. The smallest absolute Gasteiger partial charge is 0.309 e. The molecule has 2 amide bonds. The molecule has 1 aromatic carbocycles. The topological polar surface area (TPSA) is 89.6 Å². The van der Waals surface area contributed by atoms with Crippen LogP contribution in [-0.4, -0.2) is 23.6 Å². The molecule has 0 unspecified atom stereocenters. The quantitative estimate of drug-likeness (QED) is 0.813. The maximum absolute atomic E-state index is 11.8. The van der Waals surface area contributed by atoms with Gasteiger partial charge in [0.25, 0.3) is 0 Å². The third-order valence-electron chi connectivity index (χ3n) is 3.27. The van der Waals surface area contributed by atoms with Crippen molar-refractivity contribution in [3.05, 3.63) is 53.9 Å². The second kappa shape index (κ2) is 6.78. The summed E-state index contributed by atoms with van der Waals surface area (Å²) in [7, 11) is 0. The van der Waals surface area contributed by atoms with Gasteiger partial charge in [0.15, 0.2) is 11.5 Å². The predicted molar refractivity (Wildman–Crippen MR) is 80.5 cm³/mol. The van der Waals surface area contributed by atoms with E-state index in [1.807, 2.05) is 6.07 Å². The third kappa shape index (κ3) is 3.76. The van der Waals surface area contributed by atoms with Crippen LogP contribution in [0.5, 0.6) is 11.5 Å². The predicted octanol–water partition coefficient (Wildman–Crippen LogP) is 0.743. The van der Waals surface area contributed by atoms with Crippen LogP contribution < -0.4 is 20.1 Å². The molecule has 0 aliphatic carbocycles. The van der Waals surface area contributed by atoms with Gasteiger partial charge in [-0.15, -0.1) is 0 Å². The Labute approximate surface area is 132 Å². The molecule has 0 fully saturated rings. The fourth-order valence-corrected chi connectivity index (χ4v) is 2.08. The van der Waals surface area contributed by atoms with Crippen LogP contribution in [0.25, 0.3) is 0 Å². The second-order valence-electron chi connectivity index (χ2n) is 4.91. The molecule has 23 heavy (non-hydrogen) atoms. The number of amides is 2. The minimum Gasteiger partial charge on any atom is -0.454 e. The molecule has 0 saturated carbocycles. The van der Waals surface area contributed by atoms with Gasteiger partial charge in [-0.1, -0.05) is 12.1 Å². The molecule has 1 aromatic heterocycles. The van der Waals surface area contributed by atoms with Gasteiger partial charge in [0.2, 0.25) is 6.79 Å². The van der Waals surface area contributed by atoms with E-state index in [9.17, 15) is 9.59 Å². The number of ether oxygens (including phenoxy) is 2. The van der Waals surface area contributed by atoms with Crippen molar-refractivity contribution < 1.29 is 19.1 Å². The van der Waals surface area contributed by atoms with E-state index in [2.05, 4.69) is 15.6 Å². The maximum Gasteiger partial charge on any atom is 0.309 e. The minimum absolute atomic E-state index is 0.196. The summed E-state index contributed by atoms with van der Waals surface area (Å²) in [6.07, 6.45) is 3.27. The Bertz CT molecular complexity index is 719. The fourth-order valence-electron chi connectivity index (χ4n) is 2.08. The summed E-state index contributed by atoms with van der Waals surface area (Å²) in [5.74, 6) is -0.0618. The van der Waals surface area contributed by atoms with E-state index < -0.39 is 11.8 Å². The molecule has 1 aliphatic rings. The Kier molecular flexibility index (Phi) is 4.37. The van der Waals surface area contributed by atoms with E-state index in [-0.39, 0.29) is 19.9 Å². The molecular weight excluding hydrogens is 298 g/mol. The lowest BCUT2D eigenvalue weighted by atomic mass is 10.2. The highest BCUT2D eigenvalue weighted by molar-refractivity contribution is 6.35. The van der Waals surface area contributed by atoms with Gasteiger partial charge >= 0.3 is 11.8 Å². The average molecular weight is 313 g/mol. The molecular formula is C16H15N3O4. The highest BCUT2D eigenvalue weighted by atomic mass is 16.7. The van der Waals surface area contributed by atoms with E-state index >= 15 is 0 Å². The molecule has 118 valence electrons. The Morgan fingerprint density at radius 3 is 2.48 bits per heavy atom. The van der Waals surface area contributed by atoms with Crippen molar-refractivity contribution in [3.8, 4) is 11.5 Å². The molecule has 0 spiro atoms. The standard InChI is InChI=1S/C16H15N3O4/c20-15(16(21)19-9-12-2-1-5-17-7-12)18-8-11-3-4-13-14(6-11)23-10-22-13/h1-7H,8-10H2,(H,18,20)(H,19,21). The van der Waals surface area contributed by atoms with Gasteiger partial charge < -0.3 is 20.1 Å². The van der Waals surface area contributed by atoms with Crippen LogP contribution in [0, 0.1) is 0 Å². The van der Waals surface area contributed by atoms with Crippen molar-refractivity contribution in [1.82, 2.24) is 15.6 Å². The van der Waals surface area contributed by atoms with Gasteiger partial charge in [-0.2, -0.15) is 0 Å². The molecule has 3 rings (SSSR count). The highest BCUT2D eigenvalue weighted by Gasteiger charge is 2.15. The zero-order valence-corrected chi connectivity index (χ0v) is 12.2. The number of fused-ring (bicyclic) bond motifs is 1. The minimum atomic E-state index is -0.688. The summed E-state index contributed by atoms with van der Waals surface area (Å²) in [4.78, 5) is 27.5. The van der Waals surface area contributed by atoms with Crippen LogP contribution in [0.4, 0.5) is 0 Å². The fraction of sp³-hybridized carbons (Fsp3) is 0.188. The number of carbonyl (C=O) groups excluding carboxylic acids is 2. The molecule has 0 radical (unpaired) electrons. The van der Waals surface area contributed by atoms with Gasteiger partial charge in [0.05, 0.1) is 0 Å². The Hall–Kier alpha value is -3.09. The zero-order valence-electron chi connectivity index (χ0n) is 12.2. The summed E-state index contributed by atoms with van der Waals surface area (Å²) < 4.78 is 10.5. The van der Waals surface area contributed by atoms with Crippen molar-refractivity contribution >= 4 is 11.8 Å². The number of hydrogen-bond acceptors (Lipinski definition) is 5. The Morgan fingerprint density at radius 1 is 1.00 bits per heavy atom. The van der Waals surface area contributed by atoms with Crippen molar-refractivity contribution in [2.75, 3.05) is 6.79 Å². The summed E-state index contributed by atoms with van der Waals surface area (Å²) in [6.45, 7) is 0.682. The first-order valence-corrected chi connectivity index (χ1v) is 7.06. The largest absolute Gasteiger partial charge is 0.454 e. The summed E-state index contributed by atoms with van der Waals surface area (Å²) in [5, 5.41) is 5.10. The Balaban J connectivity index is 1.48. The zero-order chi connectivity index (χ0) is 16.1. The number of aromatic nitrogens is 1. The van der Waals surface area contributed by atoms with E-state index in [0.717, 1.165) is 11.1 Å². The van der Waals surface area contributed by atoms with Crippen molar-refractivity contribution in [2.24, 2.45) is 0 Å². The molecule has 0 atom stereocenters. The van der Waals surface area contributed by atoms with Gasteiger partial charge in [-0.3, -0.25) is 14.6 Å². The number of benzene rings is 1. The van der Waals surface area contributed by atoms with Crippen LogP contribution in [0.1, 0.15) is 11.1 Å². The summed E-state index contributed by atoms with van der Waals surface area (Å²) in [6, 6.07) is 8.93. The molecule has 1 aliphatic heterocycles. The van der Waals surface area contributed by atoms with E-state index in [1.54, 1.807) is 36.7 Å². The van der Waals surface area contributed by atoms with Crippen molar-refractivity contribution in [1.29, 1.82) is 0 Å². The lowest BCUT2D eigenvalue weighted by Crippen LogP contribution is -2.39. The lowest BCUT2D eigenvalue weighted by Gasteiger charge is -2.07. The number of carbonyl (C=O) groups is 2. The van der Waals surface area contributed by atoms with Crippen LogP contribution in [0.2, 0.25) is 0 Å². The van der Waals surface area contributed by atoms with Crippen LogP contribution in [-0.2, 0) is 22.7 Å². The molecule has 2 heterocycles. The number of nitrogens with one attached hydrogen (secondary N) is 2. The first kappa shape index (κ1) is 14.8. The van der Waals surface area contributed by atoms with E-state index in [1.165, 1.54) is 0 Å². The summed E-state index contributed by atoms with van der Waals surface area (Å²) >= 11 is 0. The molecule has 0 bridgehead atoms. The highest BCUT2D eigenvalue weighted by Crippen LogP contribution is 2.32. The van der Waals surface area contributed by atoms with Crippen molar-refractivity contribution in [2.45, 2.75) is 13.1 Å². The van der Waals surface area contributed by atoms with Crippen molar-refractivity contribution in [3.63, 3.8) is 0 Å². The van der Waals surface area contributed by atoms with Gasteiger partial charge in [-0.25, -0.2) is 0 Å². The molecule has 7 heteroatoms. The van der Waals surface area contributed by atoms with Gasteiger partial charge in [0, 0.05) is 25.5 Å². The number of hydrogen-bond donors (Lipinski definition) is 2. The normalized spacial score (nSPS) is 11.8. The Morgan fingerprint density at radius 2 is 1.74 bits per heavy atom. The molecule has 7 nitrogen and oxygen atoms in total. The van der Waals surface area contributed by atoms with Gasteiger partial charge in [-0.05, 0) is 29.3 Å². The van der Waals surface area contributed by atoms with Crippen LogP contribution in [0.3, 0.4) is 0 Å². The summed E-state index contributed by atoms with van der Waals surface area (Å²) in [5.41, 5.74) is 1.65. The SMILES string of the molecule is O=C(NCc1cccnc1)C(=O)NCc1ccc2c(c1)OCO2. The van der Waals surface area contributed by atoms with E-state index in [4.69, 9.17) is 9.47 Å².